The fraction of sp³-hybridized carbons (Fsp3) is 0.333. The molecule has 0 fully saturated rings. The van der Waals surface area contributed by atoms with Crippen molar-refractivity contribution in [3.63, 3.8) is 0 Å². The topological polar surface area (TPSA) is 61.0 Å². The third kappa shape index (κ3) is 3.10. The maximum absolute atomic E-state index is 5.95. The molecule has 0 saturated carbocycles. The standard InChI is InChI=1S/C15H18BrN3O/c1-9(2)14-13(16)15(17)19-12(18-14)8-10-6-4-5-7-11(10)20-3/h4-7,9H,8H2,1-3H3,(H2,17,18,19). The summed E-state index contributed by atoms with van der Waals surface area (Å²) in [6.45, 7) is 4.17. The van der Waals surface area contributed by atoms with Crippen molar-refractivity contribution in [2.45, 2.75) is 26.2 Å². The number of hydrogen-bond donors (Lipinski definition) is 1. The van der Waals surface area contributed by atoms with E-state index in [2.05, 4.69) is 39.7 Å². The summed E-state index contributed by atoms with van der Waals surface area (Å²) in [5.74, 6) is 2.31. The van der Waals surface area contributed by atoms with Crippen LogP contribution in [0.25, 0.3) is 0 Å². The second-order valence-electron chi connectivity index (χ2n) is 4.87. The van der Waals surface area contributed by atoms with Gasteiger partial charge in [-0.25, -0.2) is 9.97 Å². The van der Waals surface area contributed by atoms with Crippen LogP contribution in [0.5, 0.6) is 5.75 Å². The number of benzene rings is 1. The van der Waals surface area contributed by atoms with E-state index in [1.807, 2.05) is 24.3 Å². The molecule has 0 aliphatic heterocycles. The SMILES string of the molecule is COc1ccccc1Cc1nc(N)c(Br)c(C(C)C)n1. The van der Waals surface area contributed by atoms with E-state index in [-0.39, 0.29) is 5.92 Å². The van der Waals surface area contributed by atoms with Gasteiger partial charge in [-0.1, -0.05) is 32.0 Å². The monoisotopic (exact) mass is 335 g/mol. The first kappa shape index (κ1) is 14.8. The average molecular weight is 336 g/mol. The van der Waals surface area contributed by atoms with E-state index in [1.165, 1.54) is 0 Å². The average Bonchev–Trinajstić information content (AvgIpc) is 2.43. The van der Waals surface area contributed by atoms with Gasteiger partial charge in [0.05, 0.1) is 17.3 Å². The minimum absolute atomic E-state index is 0.283. The molecule has 0 bridgehead atoms. The van der Waals surface area contributed by atoms with Gasteiger partial charge in [-0.05, 0) is 27.9 Å². The minimum atomic E-state index is 0.283. The third-order valence-electron chi connectivity index (χ3n) is 3.04. The van der Waals surface area contributed by atoms with E-state index < -0.39 is 0 Å². The molecule has 2 rings (SSSR count). The molecule has 1 aromatic heterocycles. The smallest absolute Gasteiger partial charge is 0.141 e. The van der Waals surface area contributed by atoms with Crippen molar-refractivity contribution in [2.24, 2.45) is 0 Å². The molecule has 0 aliphatic rings. The van der Waals surface area contributed by atoms with E-state index in [9.17, 15) is 0 Å². The van der Waals surface area contributed by atoms with Gasteiger partial charge in [0.25, 0.3) is 0 Å². The minimum Gasteiger partial charge on any atom is -0.496 e. The summed E-state index contributed by atoms with van der Waals surface area (Å²) in [5, 5.41) is 0. The zero-order chi connectivity index (χ0) is 14.7. The van der Waals surface area contributed by atoms with Crippen LogP contribution in [-0.2, 0) is 6.42 Å². The maximum Gasteiger partial charge on any atom is 0.141 e. The quantitative estimate of drug-likeness (QED) is 0.928. The third-order valence-corrected chi connectivity index (χ3v) is 3.85. The lowest BCUT2D eigenvalue weighted by Gasteiger charge is -2.12. The molecule has 1 aromatic carbocycles. The zero-order valence-corrected chi connectivity index (χ0v) is 13.4. The second-order valence-corrected chi connectivity index (χ2v) is 5.66. The lowest BCUT2D eigenvalue weighted by molar-refractivity contribution is 0.410. The Balaban J connectivity index is 2.39. The number of halogens is 1. The van der Waals surface area contributed by atoms with E-state index in [0.29, 0.717) is 18.1 Å². The van der Waals surface area contributed by atoms with Crippen molar-refractivity contribution >= 4 is 21.7 Å². The number of nitrogens with two attached hydrogens (primary N) is 1. The van der Waals surface area contributed by atoms with Crippen LogP contribution >= 0.6 is 15.9 Å². The van der Waals surface area contributed by atoms with Crippen LogP contribution in [0.3, 0.4) is 0 Å². The highest BCUT2D eigenvalue weighted by molar-refractivity contribution is 9.10. The van der Waals surface area contributed by atoms with Gasteiger partial charge in [-0.15, -0.1) is 0 Å². The summed E-state index contributed by atoms with van der Waals surface area (Å²) in [5.41, 5.74) is 7.93. The molecule has 0 unspecified atom stereocenters. The number of ether oxygens (including phenoxy) is 1. The Labute approximate surface area is 127 Å². The molecule has 5 heteroatoms. The normalized spacial score (nSPS) is 10.8. The number of methoxy groups -OCH3 is 1. The largest absolute Gasteiger partial charge is 0.496 e. The van der Waals surface area contributed by atoms with Gasteiger partial charge in [0.15, 0.2) is 0 Å². The number of hydrogen-bond acceptors (Lipinski definition) is 4. The first-order valence-corrected chi connectivity index (χ1v) is 7.26. The highest BCUT2D eigenvalue weighted by Gasteiger charge is 2.14. The Bertz CT molecular complexity index is 614. The molecule has 106 valence electrons. The van der Waals surface area contributed by atoms with Crippen molar-refractivity contribution in [2.75, 3.05) is 12.8 Å². The number of aromatic nitrogens is 2. The molecule has 20 heavy (non-hydrogen) atoms. The number of nitrogens with zero attached hydrogens (tertiary/aromatic N) is 2. The first-order valence-electron chi connectivity index (χ1n) is 6.46. The predicted octanol–water partition coefficient (Wildman–Crippen LogP) is 3.54. The molecule has 0 atom stereocenters. The van der Waals surface area contributed by atoms with Gasteiger partial charge in [-0.3, -0.25) is 0 Å². The summed E-state index contributed by atoms with van der Waals surface area (Å²) in [4.78, 5) is 8.96. The number of anilines is 1. The van der Waals surface area contributed by atoms with Crippen molar-refractivity contribution in [3.05, 3.63) is 45.8 Å². The summed E-state index contributed by atoms with van der Waals surface area (Å²) in [7, 11) is 1.66. The first-order chi connectivity index (χ1) is 9.52. The Morgan fingerprint density at radius 2 is 1.95 bits per heavy atom. The van der Waals surface area contributed by atoms with Crippen LogP contribution < -0.4 is 10.5 Å². The summed E-state index contributed by atoms with van der Waals surface area (Å²) in [6, 6.07) is 7.86. The molecule has 0 amide bonds. The lowest BCUT2D eigenvalue weighted by atomic mass is 10.1. The van der Waals surface area contributed by atoms with E-state index in [4.69, 9.17) is 10.5 Å². The van der Waals surface area contributed by atoms with Gasteiger partial charge in [0.2, 0.25) is 0 Å². The fourth-order valence-electron chi connectivity index (χ4n) is 2.01. The zero-order valence-electron chi connectivity index (χ0n) is 11.9. The van der Waals surface area contributed by atoms with E-state index in [0.717, 1.165) is 21.5 Å². The lowest BCUT2D eigenvalue weighted by Crippen LogP contribution is -2.07. The highest BCUT2D eigenvalue weighted by Crippen LogP contribution is 2.28. The van der Waals surface area contributed by atoms with Crippen LogP contribution in [0.4, 0.5) is 5.82 Å². The van der Waals surface area contributed by atoms with Crippen molar-refractivity contribution in [1.29, 1.82) is 0 Å². The van der Waals surface area contributed by atoms with E-state index in [1.54, 1.807) is 7.11 Å². The molecule has 0 saturated heterocycles. The summed E-state index contributed by atoms with van der Waals surface area (Å²) >= 11 is 3.45. The molecule has 2 aromatic rings. The molecular formula is C15H18BrN3O. The number of rotatable bonds is 4. The molecule has 0 spiro atoms. The molecule has 0 aliphatic carbocycles. The van der Waals surface area contributed by atoms with Gasteiger partial charge in [0.1, 0.15) is 17.4 Å². The van der Waals surface area contributed by atoms with Crippen molar-refractivity contribution < 1.29 is 4.74 Å². The van der Waals surface area contributed by atoms with Crippen LogP contribution in [0.1, 0.15) is 36.8 Å². The fourth-order valence-corrected chi connectivity index (χ4v) is 2.65. The molecular weight excluding hydrogens is 318 g/mol. The van der Waals surface area contributed by atoms with Crippen LogP contribution in [0, 0.1) is 0 Å². The second kappa shape index (κ2) is 6.22. The summed E-state index contributed by atoms with van der Waals surface area (Å²) < 4.78 is 6.14. The predicted molar refractivity (Wildman–Crippen MR) is 84.0 cm³/mol. The Morgan fingerprint density at radius 3 is 2.60 bits per heavy atom. The molecule has 1 heterocycles. The molecule has 0 radical (unpaired) electrons. The number of nitrogen functional groups attached to an aromatic ring is 1. The Hall–Kier alpha value is -1.62. The van der Waals surface area contributed by atoms with Gasteiger partial charge < -0.3 is 10.5 Å². The van der Waals surface area contributed by atoms with E-state index >= 15 is 0 Å². The Morgan fingerprint density at radius 1 is 1.25 bits per heavy atom. The Kier molecular flexibility index (Phi) is 4.60. The maximum atomic E-state index is 5.95. The highest BCUT2D eigenvalue weighted by atomic mass is 79.9. The van der Waals surface area contributed by atoms with Gasteiger partial charge >= 0.3 is 0 Å². The van der Waals surface area contributed by atoms with Crippen LogP contribution in [-0.4, -0.2) is 17.1 Å². The number of para-hydroxylation sites is 1. The van der Waals surface area contributed by atoms with Crippen molar-refractivity contribution in [1.82, 2.24) is 9.97 Å². The van der Waals surface area contributed by atoms with Gasteiger partial charge in [0, 0.05) is 12.0 Å². The summed E-state index contributed by atoms with van der Waals surface area (Å²) in [6.07, 6.45) is 0.598. The molecule has 4 nitrogen and oxygen atoms in total. The molecule has 2 N–H and O–H groups in total. The van der Waals surface area contributed by atoms with Crippen LogP contribution in [0.2, 0.25) is 0 Å². The van der Waals surface area contributed by atoms with Crippen molar-refractivity contribution in [3.8, 4) is 5.75 Å². The van der Waals surface area contributed by atoms with Gasteiger partial charge in [-0.2, -0.15) is 0 Å². The van der Waals surface area contributed by atoms with Crippen LogP contribution in [0.15, 0.2) is 28.7 Å².